The number of hydrogen-bond acceptors (Lipinski definition) is 10. The van der Waals surface area contributed by atoms with Gasteiger partial charge in [0.1, 0.15) is 24.2 Å². The molecule has 4 aromatic rings. The number of amides is 8. The lowest BCUT2D eigenvalue weighted by Gasteiger charge is -2.42. The van der Waals surface area contributed by atoms with E-state index in [2.05, 4.69) is 54.7 Å². The Morgan fingerprint density at radius 2 is 1.07 bits per heavy atom. The van der Waals surface area contributed by atoms with Crippen LogP contribution in [-0.4, -0.2) is 120 Å². The van der Waals surface area contributed by atoms with Crippen molar-refractivity contribution in [3.63, 3.8) is 0 Å². The summed E-state index contributed by atoms with van der Waals surface area (Å²) in [6.07, 6.45) is 5.49. The molecule has 444 valence electrons. The second-order valence-corrected chi connectivity index (χ2v) is 25.6. The molecule has 18 heteroatoms. The largest absolute Gasteiger partial charge is 0.347 e. The molecule has 2 heterocycles. The number of carbonyl (C=O) groups excluding carboxylic acids is 8. The van der Waals surface area contributed by atoms with Gasteiger partial charge in [-0.2, -0.15) is 0 Å². The molecule has 0 bridgehead atoms. The summed E-state index contributed by atoms with van der Waals surface area (Å²) in [6.45, 7) is 16.8. The van der Waals surface area contributed by atoms with Crippen LogP contribution in [-0.2, 0) is 54.6 Å². The predicted octanol–water partition coefficient (Wildman–Crippen LogP) is 6.19. The molecule has 2 aliphatic carbocycles. The first-order chi connectivity index (χ1) is 39.4. The number of likely N-dealkylation sites (N-methyl/N-ethyl adjacent to an activating group) is 2. The van der Waals surface area contributed by atoms with Crippen molar-refractivity contribution < 1.29 is 38.4 Å². The summed E-state index contributed by atoms with van der Waals surface area (Å²) >= 11 is 0. The van der Waals surface area contributed by atoms with Crippen LogP contribution in [0.4, 0.5) is 5.69 Å². The molecule has 2 aliphatic heterocycles. The third-order valence-electron chi connectivity index (χ3n) is 17.1. The second kappa shape index (κ2) is 26.0. The van der Waals surface area contributed by atoms with Gasteiger partial charge in [0.15, 0.2) is 0 Å². The van der Waals surface area contributed by atoms with Gasteiger partial charge in [0.2, 0.25) is 35.4 Å². The zero-order valence-corrected chi connectivity index (χ0v) is 50.2. The van der Waals surface area contributed by atoms with Crippen molar-refractivity contribution in [3.05, 3.63) is 136 Å². The molecule has 8 rings (SSSR count). The summed E-state index contributed by atoms with van der Waals surface area (Å²) in [7, 11) is 3.37. The maximum atomic E-state index is 14.9. The number of anilines is 1. The van der Waals surface area contributed by atoms with Gasteiger partial charge in [-0.3, -0.25) is 38.4 Å². The quantitative estimate of drug-likeness (QED) is 0.0597. The molecule has 0 saturated carbocycles. The van der Waals surface area contributed by atoms with E-state index in [9.17, 15) is 38.4 Å². The first-order valence-electron chi connectivity index (χ1n) is 29.5. The third kappa shape index (κ3) is 14.3. The Kier molecular flexibility index (Phi) is 19.3. The second-order valence-electron chi connectivity index (χ2n) is 25.6. The average Bonchev–Trinajstić information content (AvgIpc) is 3.80. The van der Waals surface area contributed by atoms with Crippen molar-refractivity contribution in [1.29, 1.82) is 0 Å². The predicted molar refractivity (Wildman–Crippen MR) is 320 cm³/mol. The Labute approximate surface area is 489 Å². The Morgan fingerprint density at radius 3 is 1.60 bits per heavy atom. The number of rotatable bonds is 17. The van der Waals surface area contributed by atoms with E-state index in [0.29, 0.717) is 5.69 Å². The minimum atomic E-state index is -0.987. The molecule has 4 aromatic carbocycles. The van der Waals surface area contributed by atoms with Gasteiger partial charge in [-0.25, -0.2) is 0 Å². The summed E-state index contributed by atoms with van der Waals surface area (Å²) in [6, 6.07) is 21.7. The number of aryl methyl sites for hydroxylation is 2. The average molecular weight is 1140 g/mol. The topological polar surface area (TPSA) is 239 Å². The number of hydrogen-bond donors (Lipinski definition) is 8. The van der Waals surface area contributed by atoms with Crippen molar-refractivity contribution in [3.8, 4) is 0 Å². The van der Waals surface area contributed by atoms with Crippen LogP contribution >= 0.6 is 0 Å². The smallest absolute Gasteiger partial charge is 0.255 e. The number of benzene rings is 4. The highest BCUT2D eigenvalue weighted by Crippen LogP contribution is 2.35. The van der Waals surface area contributed by atoms with Crippen molar-refractivity contribution in [2.75, 3.05) is 26.0 Å². The zero-order chi connectivity index (χ0) is 60.1. The molecule has 18 nitrogen and oxygen atoms in total. The van der Waals surface area contributed by atoms with Gasteiger partial charge < -0.3 is 52.3 Å². The summed E-state index contributed by atoms with van der Waals surface area (Å²) in [5.41, 5.74) is 5.57. The fraction of sp³-hybridized carbons (Fsp3) is 0.508. The lowest BCUT2D eigenvalue weighted by Crippen LogP contribution is -2.62. The van der Waals surface area contributed by atoms with Gasteiger partial charge in [-0.1, -0.05) is 110 Å². The van der Waals surface area contributed by atoms with Crippen LogP contribution in [0.15, 0.2) is 91.0 Å². The van der Waals surface area contributed by atoms with Crippen LogP contribution < -0.4 is 42.5 Å². The zero-order valence-electron chi connectivity index (χ0n) is 50.2. The van der Waals surface area contributed by atoms with E-state index in [1.807, 2.05) is 97.9 Å². The first-order valence-corrected chi connectivity index (χ1v) is 29.5. The SMILES string of the molecule is CN[C@@H](C)C(=O)N[C@H](C(=O)N1Cc2cc(NC(=O)c3ccc(C(=O)N[C@H]4C[C@@H](C(=O)N[C@@H]5CCCc6ccccc65)N(C(=O)[C@@H](NC(=O)[C@@H](NC)C(C)C)C(C)(C)C)C4)cc3)ccc2C[C@H]1C(=O)N[C@@H]1CCCc2ccccc21)C(C)(C)C. The molecular weight excluding hydrogens is 1050 g/mol. The van der Waals surface area contributed by atoms with Gasteiger partial charge >= 0.3 is 0 Å². The fourth-order valence-corrected chi connectivity index (χ4v) is 12.2. The van der Waals surface area contributed by atoms with E-state index in [1.165, 1.54) is 16.0 Å². The summed E-state index contributed by atoms with van der Waals surface area (Å²) < 4.78 is 0. The Balaban J connectivity index is 0.976. The van der Waals surface area contributed by atoms with E-state index < -0.39 is 76.8 Å². The molecule has 1 fully saturated rings. The molecule has 0 spiro atoms. The van der Waals surface area contributed by atoms with E-state index in [4.69, 9.17) is 0 Å². The van der Waals surface area contributed by atoms with Crippen LogP contribution in [0.5, 0.6) is 0 Å². The Hall–Kier alpha value is -7.44. The van der Waals surface area contributed by atoms with Crippen LogP contribution in [0.1, 0.15) is 161 Å². The molecule has 9 atom stereocenters. The van der Waals surface area contributed by atoms with Crippen LogP contribution in [0, 0.1) is 16.7 Å². The van der Waals surface area contributed by atoms with Gasteiger partial charge in [-0.05, 0) is 152 Å². The maximum absolute atomic E-state index is 14.9. The number of nitrogens with one attached hydrogen (secondary N) is 8. The summed E-state index contributed by atoms with van der Waals surface area (Å²) in [4.78, 5) is 117. The van der Waals surface area contributed by atoms with Crippen LogP contribution in [0.3, 0.4) is 0 Å². The maximum Gasteiger partial charge on any atom is 0.255 e. The number of likely N-dealkylation sites (tertiary alicyclic amines) is 1. The van der Waals surface area contributed by atoms with Crippen LogP contribution in [0.25, 0.3) is 0 Å². The Morgan fingerprint density at radius 1 is 0.554 bits per heavy atom. The molecule has 0 unspecified atom stereocenters. The molecule has 83 heavy (non-hydrogen) atoms. The van der Waals surface area contributed by atoms with Crippen molar-refractivity contribution >= 4 is 52.9 Å². The molecular formula is C65H86N10O8. The number of nitrogens with zero attached hydrogens (tertiary/aromatic N) is 2. The molecule has 8 amide bonds. The fourth-order valence-electron chi connectivity index (χ4n) is 12.2. The Bertz CT molecular complexity index is 3070. The lowest BCUT2D eigenvalue weighted by molar-refractivity contribution is -0.147. The van der Waals surface area contributed by atoms with Gasteiger partial charge in [0.05, 0.1) is 24.2 Å². The van der Waals surface area contributed by atoms with Gasteiger partial charge in [0.25, 0.3) is 11.8 Å². The number of fused-ring (bicyclic) bond motifs is 3. The van der Waals surface area contributed by atoms with E-state index >= 15 is 0 Å². The van der Waals surface area contributed by atoms with Crippen molar-refractivity contribution in [1.82, 2.24) is 47.0 Å². The van der Waals surface area contributed by atoms with Gasteiger partial charge in [-0.15, -0.1) is 0 Å². The van der Waals surface area contributed by atoms with Gasteiger partial charge in [0, 0.05) is 42.4 Å². The normalized spacial score (nSPS) is 20.9. The van der Waals surface area contributed by atoms with E-state index in [0.717, 1.165) is 60.8 Å². The molecule has 1 saturated heterocycles. The molecule has 8 N–H and O–H groups in total. The monoisotopic (exact) mass is 1130 g/mol. The van der Waals surface area contributed by atoms with Crippen molar-refractivity contribution in [2.24, 2.45) is 16.7 Å². The third-order valence-corrected chi connectivity index (χ3v) is 17.1. The molecule has 0 aromatic heterocycles. The number of carbonyl (C=O) groups is 8. The van der Waals surface area contributed by atoms with E-state index in [-0.39, 0.29) is 78.7 Å². The minimum Gasteiger partial charge on any atom is -0.347 e. The standard InChI is InChI=1S/C65H86N10O8/c1-37(2)53(67-11)61(81)73-55(65(7,8)9)63(83)75-36-46(34-52(75)60(80)71-50-25-17-21-40-19-13-15-23-48(40)50)69-58(78)42-28-26-41(27-29-42)57(77)68-45-31-30-43-33-51(59(79)70-49-24-16-20-39-18-12-14-22-47(39)49)74(35-44(43)32-45)62(82)54(64(4,5)6)72-56(76)38(3)66-10/h12-15,18-19,22-23,26-32,37-38,46,49-55,66-67H,16-17,20-21,24-25,33-36H2,1-11H3,(H,68,77)(H,69,78)(H,70,79)(H,71,80)(H,72,76)(H,73,81)/t38-,46-,49+,50+,51-,52-,53-,54+,55+/m0/s1. The molecule has 0 radical (unpaired) electrons. The minimum absolute atomic E-state index is 0.0201. The lowest BCUT2D eigenvalue weighted by atomic mass is 9.83. The van der Waals surface area contributed by atoms with Crippen LogP contribution in [0.2, 0.25) is 0 Å². The highest BCUT2D eigenvalue weighted by atomic mass is 16.2. The summed E-state index contributed by atoms with van der Waals surface area (Å²) in [5, 5.41) is 24.5. The first kappa shape index (κ1) is 61.6. The molecule has 4 aliphatic rings. The highest BCUT2D eigenvalue weighted by molar-refractivity contribution is 6.05. The highest BCUT2D eigenvalue weighted by Gasteiger charge is 2.47. The van der Waals surface area contributed by atoms with E-state index in [1.54, 1.807) is 62.3 Å². The van der Waals surface area contributed by atoms with Crippen molar-refractivity contribution in [2.45, 2.75) is 175 Å². The summed E-state index contributed by atoms with van der Waals surface area (Å²) in [5.74, 6) is -3.09.